The fraction of sp³-hybridized carbons (Fsp3) is 0.448. The molecule has 2 aromatic rings. The summed E-state index contributed by atoms with van der Waals surface area (Å²) in [6.45, 7) is 2.51. The molecule has 2 unspecified atom stereocenters. The third-order valence-electron chi connectivity index (χ3n) is 7.24. The number of rotatable bonds is 12. The number of benzene rings is 2. The van der Waals surface area contributed by atoms with E-state index in [4.69, 9.17) is 0 Å². The van der Waals surface area contributed by atoms with E-state index in [1.54, 1.807) is 24.3 Å². The van der Waals surface area contributed by atoms with Crippen LogP contribution in [0.25, 0.3) is 0 Å². The molecule has 2 N–H and O–H groups in total. The van der Waals surface area contributed by atoms with Gasteiger partial charge in [-0.25, -0.2) is 17.7 Å². The Morgan fingerprint density at radius 1 is 1.05 bits per heavy atom. The van der Waals surface area contributed by atoms with Crippen molar-refractivity contribution in [3.8, 4) is 0 Å². The molecule has 0 spiro atoms. The van der Waals surface area contributed by atoms with Gasteiger partial charge in [0.05, 0.1) is 13.1 Å². The van der Waals surface area contributed by atoms with Crippen LogP contribution in [0.4, 0.5) is 26.3 Å². The Kier molecular flexibility index (Phi) is 10.0. The third kappa shape index (κ3) is 7.55. The first-order valence-corrected chi connectivity index (χ1v) is 13.7. The molecule has 7 nitrogen and oxygen atoms in total. The molecule has 0 bridgehead atoms. The highest BCUT2D eigenvalue weighted by atomic mass is 19.4. The molecule has 1 saturated heterocycles. The van der Waals surface area contributed by atoms with Crippen molar-refractivity contribution in [1.29, 1.82) is 0 Å². The molecular formula is C29H32F6N5O2+. The van der Waals surface area contributed by atoms with Crippen LogP contribution < -0.4 is 10.6 Å². The normalized spacial score (nSPS) is 16.4. The van der Waals surface area contributed by atoms with Crippen molar-refractivity contribution in [3.63, 3.8) is 0 Å². The Morgan fingerprint density at radius 2 is 1.76 bits per heavy atom. The molecule has 13 heteroatoms. The molecule has 4 rings (SSSR count). The second-order valence-corrected chi connectivity index (χ2v) is 10.3. The maximum absolute atomic E-state index is 14.5. The van der Waals surface area contributed by atoms with Crippen LogP contribution in [0.3, 0.4) is 0 Å². The summed E-state index contributed by atoms with van der Waals surface area (Å²) in [7, 11) is 0. The van der Waals surface area contributed by atoms with Gasteiger partial charge < -0.3 is 15.5 Å². The van der Waals surface area contributed by atoms with Crippen molar-refractivity contribution in [1.82, 2.24) is 15.5 Å². The summed E-state index contributed by atoms with van der Waals surface area (Å²) in [6.07, 6.45) is -3.79. The van der Waals surface area contributed by atoms with Gasteiger partial charge in [-0.3, -0.25) is 9.59 Å². The standard InChI is InChI=1S/C29H31F6N5O2/c1-2-9-37-27(42)26(19-6-4-3-5-7-19)36-10-8-18(13-20-15-22(31)23(32)16-21(20)30)14-25(41)39-11-12-40-24(17-39)38-28(40)29(33,34)35/h3-7,15-16,18,26,36H,2,8-14,17H2,1H3/p+1. The molecule has 42 heavy (non-hydrogen) atoms. The minimum absolute atomic E-state index is 0.0373. The van der Waals surface area contributed by atoms with Crippen molar-refractivity contribution < 1.29 is 40.5 Å². The van der Waals surface area contributed by atoms with Gasteiger partial charge >= 0.3 is 12.0 Å². The summed E-state index contributed by atoms with van der Waals surface area (Å²) in [5.41, 5.74) is 0.615. The number of amidine groups is 2. The molecule has 226 valence electrons. The number of aliphatic imine (C=N–C) groups is 1. The van der Waals surface area contributed by atoms with Crippen LogP contribution in [-0.4, -0.2) is 71.9 Å². The lowest BCUT2D eigenvalue weighted by Gasteiger charge is -2.32. The molecule has 2 aliphatic rings. The lowest BCUT2D eigenvalue weighted by molar-refractivity contribution is -0.443. The first kappa shape index (κ1) is 31.2. The zero-order chi connectivity index (χ0) is 30.4. The summed E-state index contributed by atoms with van der Waals surface area (Å²) < 4.78 is 82.0. The van der Waals surface area contributed by atoms with Gasteiger partial charge in [0.15, 0.2) is 11.6 Å². The van der Waals surface area contributed by atoms with Gasteiger partial charge in [-0.05, 0) is 48.9 Å². The molecule has 0 aliphatic carbocycles. The van der Waals surface area contributed by atoms with Crippen LogP contribution in [0.15, 0.2) is 47.5 Å². The number of nitrogens with one attached hydrogen (secondary N) is 2. The number of piperazine rings is 1. The molecule has 0 saturated carbocycles. The van der Waals surface area contributed by atoms with E-state index in [0.717, 1.165) is 22.6 Å². The molecule has 2 atom stereocenters. The average Bonchev–Trinajstić information content (AvgIpc) is 2.92. The lowest BCUT2D eigenvalue weighted by Crippen LogP contribution is -2.56. The van der Waals surface area contributed by atoms with Gasteiger partial charge in [-0.2, -0.15) is 13.2 Å². The Morgan fingerprint density at radius 3 is 2.43 bits per heavy atom. The van der Waals surface area contributed by atoms with Gasteiger partial charge in [-0.1, -0.05) is 42.2 Å². The molecular weight excluding hydrogens is 564 g/mol. The van der Waals surface area contributed by atoms with E-state index in [1.807, 2.05) is 13.0 Å². The summed E-state index contributed by atoms with van der Waals surface area (Å²) in [5, 5.41) is 6.04. The van der Waals surface area contributed by atoms with E-state index in [0.29, 0.717) is 12.6 Å². The summed E-state index contributed by atoms with van der Waals surface area (Å²) in [4.78, 5) is 31.0. The number of alkyl halides is 3. The predicted molar refractivity (Wildman–Crippen MR) is 143 cm³/mol. The van der Waals surface area contributed by atoms with Gasteiger partial charge in [0, 0.05) is 19.0 Å². The van der Waals surface area contributed by atoms with Gasteiger partial charge in [0.25, 0.3) is 5.84 Å². The van der Waals surface area contributed by atoms with E-state index in [-0.39, 0.29) is 68.7 Å². The number of hydrogen-bond donors (Lipinski definition) is 2. The number of hydrogen-bond acceptors (Lipinski definition) is 4. The van der Waals surface area contributed by atoms with Gasteiger partial charge in [0.2, 0.25) is 11.8 Å². The Balaban J connectivity index is 1.46. The molecule has 2 amide bonds. The monoisotopic (exact) mass is 596 g/mol. The van der Waals surface area contributed by atoms with Crippen LogP contribution in [0.2, 0.25) is 0 Å². The van der Waals surface area contributed by atoms with Crippen LogP contribution in [0, 0.1) is 23.4 Å². The molecule has 2 heterocycles. The van der Waals surface area contributed by atoms with Crippen molar-refractivity contribution in [2.75, 3.05) is 32.7 Å². The number of fused-ring (bicyclic) bond motifs is 1. The molecule has 0 aromatic heterocycles. The number of carbonyl (C=O) groups is 2. The van der Waals surface area contributed by atoms with E-state index in [2.05, 4.69) is 15.6 Å². The zero-order valence-electron chi connectivity index (χ0n) is 23.0. The van der Waals surface area contributed by atoms with E-state index in [1.165, 1.54) is 4.90 Å². The highest BCUT2D eigenvalue weighted by molar-refractivity contribution is 6.05. The van der Waals surface area contributed by atoms with Gasteiger partial charge in [-0.15, -0.1) is 0 Å². The second-order valence-electron chi connectivity index (χ2n) is 10.3. The Bertz CT molecular complexity index is 1360. The maximum atomic E-state index is 14.5. The fourth-order valence-corrected chi connectivity index (χ4v) is 5.05. The summed E-state index contributed by atoms with van der Waals surface area (Å²) in [5.74, 6) is -5.53. The minimum Gasteiger partial charge on any atom is -0.354 e. The predicted octanol–water partition coefficient (Wildman–Crippen LogP) is 4.13. The zero-order valence-corrected chi connectivity index (χ0v) is 23.0. The minimum atomic E-state index is -4.58. The Hall–Kier alpha value is -3.74. The summed E-state index contributed by atoms with van der Waals surface area (Å²) in [6, 6.07) is 9.52. The van der Waals surface area contributed by atoms with Crippen molar-refractivity contribution in [3.05, 3.63) is 71.0 Å². The van der Waals surface area contributed by atoms with Crippen molar-refractivity contribution >= 4 is 23.5 Å². The lowest BCUT2D eigenvalue weighted by atomic mass is 9.91. The van der Waals surface area contributed by atoms with Crippen LogP contribution >= 0.6 is 0 Å². The van der Waals surface area contributed by atoms with Crippen LogP contribution in [0.5, 0.6) is 0 Å². The first-order valence-electron chi connectivity index (χ1n) is 13.7. The third-order valence-corrected chi connectivity index (χ3v) is 7.24. The van der Waals surface area contributed by atoms with Crippen molar-refractivity contribution in [2.45, 2.75) is 44.8 Å². The van der Waals surface area contributed by atoms with Crippen molar-refractivity contribution in [2.24, 2.45) is 10.9 Å². The first-order chi connectivity index (χ1) is 20.0. The number of amides is 2. The molecule has 2 aliphatic heterocycles. The topological polar surface area (TPSA) is 76.8 Å². The highest BCUT2D eigenvalue weighted by Crippen LogP contribution is 2.26. The molecule has 0 radical (unpaired) electrons. The quantitative estimate of drug-likeness (QED) is 0.220. The van der Waals surface area contributed by atoms with Crippen LogP contribution in [0.1, 0.15) is 43.4 Å². The maximum Gasteiger partial charge on any atom is 0.482 e. The second kappa shape index (κ2) is 13.5. The largest absolute Gasteiger partial charge is 0.482 e. The SMILES string of the molecule is CCCNC(=O)C(NCCC(CC(=O)N1CC[N+]2=C(C(F)(F)F)N=C2C1)Cc1cc(F)c(F)cc1F)c1ccccc1. The smallest absolute Gasteiger partial charge is 0.354 e. The number of carbonyl (C=O) groups excluding carboxylic acids is 2. The van der Waals surface area contributed by atoms with E-state index < -0.39 is 41.4 Å². The van der Waals surface area contributed by atoms with Crippen LogP contribution in [-0.2, 0) is 16.0 Å². The average molecular weight is 597 g/mol. The Labute approximate surface area is 239 Å². The molecule has 1 fully saturated rings. The molecule has 2 aromatic carbocycles. The van der Waals surface area contributed by atoms with E-state index >= 15 is 0 Å². The summed E-state index contributed by atoms with van der Waals surface area (Å²) >= 11 is 0. The highest BCUT2D eigenvalue weighted by Gasteiger charge is 2.51. The number of nitrogens with zero attached hydrogens (tertiary/aromatic N) is 3. The fourth-order valence-electron chi connectivity index (χ4n) is 5.05. The van der Waals surface area contributed by atoms with E-state index in [9.17, 15) is 35.9 Å². The van der Waals surface area contributed by atoms with Gasteiger partial charge in [0.1, 0.15) is 18.4 Å². The number of halogens is 6.